The van der Waals surface area contributed by atoms with Crippen molar-refractivity contribution in [2.45, 2.75) is 26.8 Å². The molecule has 0 radical (unpaired) electrons. The molecule has 5 heteroatoms. The van der Waals surface area contributed by atoms with Gasteiger partial charge in [0.1, 0.15) is 5.75 Å². The minimum absolute atomic E-state index is 0.290. The van der Waals surface area contributed by atoms with E-state index in [4.69, 9.17) is 10.5 Å². The van der Waals surface area contributed by atoms with E-state index in [0.29, 0.717) is 6.61 Å². The number of carbonyl (C=O) groups excluding carboxylic acids is 1. The molecule has 106 valence electrons. The van der Waals surface area contributed by atoms with E-state index >= 15 is 0 Å². The van der Waals surface area contributed by atoms with Crippen LogP contribution >= 0.6 is 15.9 Å². The first-order valence-corrected chi connectivity index (χ1v) is 7.25. The zero-order chi connectivity index (χ0) is 14.3. The van der Waals surface area contributed by atoms with Crippen molar-refractivity contribution in [3.8, 4) is 5.75 Å². The highest BCUT2D eigenvalue weighted by Crippen LogP contribution is 2.29. The van der Waals surface area contributed by atoms with E-state index in [1.807, 2.05) is 18.2 Å². The lowest BCUT2D eigenvalue weighted by Crippen LogP contribution is -2.26. The Balaban J connectivity index is 2.71. The fourth-order valence-electron chi connectivity index (χ4n) is 1.54. The van der Waals surface area contributed by atoms with Gasteiger partial charge in [-0.3, -0.25) is 4.79 Å². The van der Waals surface area contributed by atoms with E-state index in [1.165, 1.54) is 0 Å². The van der Waals surface area contributed by atoms with Gasteiger partial charge < -0.3 is 15.8 Å². The van der Waals surface area contributed by atoms with Crippen LogP contribution < -0.4 is 15.8 Å². The maximum absolute atomic E-state index is 11.0. The molecule has 0 saturated heterocycles. The number of hydrogen-bond acceptors (Lipinski definition) is 3. The fourth-order valence-corrected chi connectivity index (χ4v) is 2.07. The number of ether oxygens (including phenoxy) is 1. The molecule has 0 bridgehead atoms. The van der Waals surface area contributed by atoms with E-state index in [0.717, 1.165) is 35.3 Å². The minimum atomic E-state index is -0.349. The Bertz CT molecular complexity index is 424. The van der Waals surface area contributed by atoms with Gasteiger partial charge in [0.05, 0.1) is 17.0 Å². The third-order valence-electron chi connectivity index (χ3n) is 2.75. The summed E-state index contributed by atoms with van der Waals surface area (Å²) in [6, 6.07) is 5.91. The predicted octanol–water partition coefficient (Wildman–Crippen LogP) is 2.45. The molecule has 0 spiro atoms. The Morgan fingerprint density at radius 3 is 2.89 bits per heavy atom. The van der Waals surface area contributed by atoms with E-state index in [9.17, 15) is 4.79 Å². The first kappa shape index (κ1) is 16.0. The van der Waals surface area contributed by atoms with Gasteiger partial charge in [0.15, 0.2) is 0 Å². The first-order chi connectivity index (χ1) is 9.06. The van der Waals surface area contributed by atoms with Crippen molar-refractivity contribution >= 4 is 21.8 Å². The summed E-state index contributed by atoms with van der Waals surface area (Å²) in [6.07, 6.45) is 1.09. The summed E-state index contributed by atoms with van der Waals surface area (Å²) in [5, 5.41) is 3.34. The Morgan fingerprint density at radius 2 is 2.26 bits per heavy atom. The van der Waals surface area contributed by atoms with Crippen LogP contribution in [0.5, 0.6) is 5.75 Å². The monoisotopic (exact) mass is 328 g/mol. The number of rotatable bonds is 8. The lowest BCUT2D eigenvalue weighted by molar-refractivity contribution is -0.122. The van der Waals surface area contributed by atoms with Crippen LogP contribution in [-0.4, -0.2) is 19.1 Å². The smallest absolute Gasteiger partial charge is 0.223 e. The van der Waals surface area contributed by atoms with Crippen LogP contribution in [0.2, 0.25) is 0 Å². The number of nitrogens with one attached hydrogen (secondary N) is 1. The Hall–Kier alpha value is -1.07. The van der Waals surface area contributed by atoms with Gasteiger partial charge in [0, 0.05) is 12.1 Å². The lowest BCUT2D eigenvalue weighted by Gasteiger charge is -2.15. The predicted molar refractivity (Wildman–Crippen MR) is 80.0 cm³/mol. The minimum Gasteiger partial charge on any atom is -0.491 e. The second-order valence-electron chi connectivity index (χ2n) is 4.52. The number of nitrogens with two attached hydrogens (primary N) is 1. The van der Waals surface area contributed by atoms with Crippen molar-refractivity contribution in [1.82, 2.24) is 5.32 Å². The molecular formula is C14H21BrN2O2. The van der Waals surface area contributed by atoms with Crippen molar-refractivity contribution in [3.05, 3.63) is 28.2 Å². The highest BCUT2D eigenvalue weighted by atomic mass is 79.9. The molecule has 1 aromatic rings. The summed E-state index contributed by atoms with van der Waals surface area (Å²) in [4.78, 5) is 11.0. The molecule has 0 fully saturated rings. The molecule has 0 aliphatic rings. The number of carbonyl (C=O) groups is 1. The third kappa shape index (κ3) is 5.20. The number of halogens is 1. The molecule has 3 N–H and O–H groups in total. The number of amides is 1. The van der Waals surface area contributed by atoms with E-state index in [-0.39, 0.29) is 11.8 Å². The number of primary amides is 1. The molecule has 0 saturated carbocycles. The van der Waals surface area contributed by atoms with Gasteiger partial charge in [-0.25, -0.2) is 0 Å². The fraction of sp³-hybridized carbons (Fsp3) is 0.500. The molecule has 0 aliphatic carbocycles. The van der Waals surface area contributed by atoms with E-state index in [2.05, 4.69) is 28.2 Å². The summed E-state index contributed by atoms with van der Waals surface area (Å²) < 4.78 is 6.62. The topological polar surface area (TPSA) is 64.3 Å². The third-order valence-corrected chi connectivity index (χ3v) is 3.38. The van der Waals surface area contributed by atoms with Crippen LogP contribution in [0.3, 0.4) is 0 Å². The summed E-state index contributed by atoms with van der Waals surface area (Å²) in [5.41, 5.74) is 6.30. The second kappa shape index (κ2) is 8.17. The summed E-state index contributed by atoms with van der Waals surface area (Å²) in [7, 11) is 0. The van der Waals surface area contributed by atoms with Crippen molar-refractivity contribution in [3.63, 3.8) is 0 Å². The van der Waals surface area contributed by atoms with Crippen LogP contribution in [-0.2, 0) is 11.3 Å². The standard InChI is InChI=1S/C14H21BrN2O2/c1-3-7-17-8-11-5-4-6-12(15)13(11)19-9-10(2)14(16)18/h4-6,10,17H,3,7-9H2,1-2H3,(H2,16,18). The number of para-hydroxylation sites is 1. The number of benzene rings is 1. The first-order valence-electron chi connectivity index (χ1n) is 6.46. The van der Waals surface area contributed by atoms with E-state index < -0.39 is 0 Å². The normalized spacial score (nSPS) is 12.2. The highest BCUT2D eigenvalue weighted by Gasteiger charge is 2.13. The molecule has 4 nitrogen and oxygen atoms in total. The van der Waals surface area contributed by atoms with Gasteiger partial charge in [0.2, 0.25) is 5.91 Å². The van der Waals surface area contributed by atoms with Crippen LogP contribution in [0.4, 0.5) is 0 Å². The molecule has 1 amide bonds. The molecule has 1 unspecified atom stereocenters. The van der Waals surface area contributed by atoms with Gasteiger partial charge in [-0.05, 0) is 35.0 Å². The number of hydrogen-bond donors (Lipinski definition) is 2. The lowest BCUT2D eigenvalue weighted by atomic mass is 10.1. The van der Waals surface area contributed by atoms with Crippen LogP contribution in [0.15, 0.2) is 22.7 Å². The van der Waals surface area contributed by atoms with Gasteiger partial charge >= 0.3 is 0 Å². The average molecular weight is 329 g/mol. The van der Waals surface area contributed by atoms with Gasteiger partial charge in [-0.15, -0.1) is 0 Å². The van der Waals surface area contributed by atoms with Gasteiger partial charge in [0.25, 0.3) is 0 Å². The molecule has 0 aromatic heterocycles. The maximum Gasteiger partial charge on any atom is 0.223 e. The zero-order valence-electron chi connectivity index (χ0n) is 11.4. The maximum atomic E-state index is 11.0. The van der Waals surface area contributed by atoms with Crippen LogP contribution in [0, 0.1) is 5.92 Å². The SMILES string of the molecule is CCCNCc1cccc(Br)c1OCC(C)C(N)=O. The Morgan fingerprint density at radius 1 is 1.53 bits per heavy atom. The average Bonchev–Trinajstić information content (AvgIpc) is 2.37. The van der Waals surface area contributed by atoms with Crippen molar-refractivity contribution in [1.29, 1.82) is 0 Å². The molecule has 1 rings (SSSR count). The van der Waals surface area contributed by atoms with Crippen LogP contribution in [0.25, 0.3) is 0 Å². The van der Waals surface area contributed by atoms with Gasteiger partial charge in [-0.1, -0.05) is 26.0 Å². The van der Waals surface area contributed by atoms with Gasteiger partial charge in [-0.2, -0.15) is 0 Å². The highest BCUT2D eigenvalue weighted by molar-refractivity contribution is 9.10. The molecule has 0 heterocycles. The van der Waals surface area contributed by atoms with Crippen molar-refractivity contribution in [2.75, 3.05) is 13.2 Å². The van der Waals surface area contributed by atoms with Crippen molar-refractivity contribution < 1.29 is 9.53 Å². The van der Waals surface area contributed by atoms with Crippen LogP contribution in [0.1, 0.15) is 25.8 Å². The van der Waals surface area contributed by atoms with E-state index in [1.54, 1.807) is 6.92 Å². The molecule has 0 aliphatic heterocycles. The summed E-state index contributed by atoms with van der Waals surface area (Å²) in [6.45, 7) is 5.88. The molecule has 1 atom stereocenters. The Kier molecular flexibility index (Phi) is 6.87. The zero-order valence-corrected chi connectivity index (χ0v) is 13.0. The molecule has 1 aromatic carbocycles. The van der Waals surface area contributed by atoms with Crippen molar-refractivity contribution in [2.24, 2.45) is 11.7 Å². The largest absolute Gasteiger partial charge is 0.491 e. The Labute approximate surface area is 122 Å². The quantitative estimate of drug-likeness (QED) is 0.720. The summed E-state index contributed by atoms with van der Waals surface area (Å²) >= 11 is 3.47. The molecule has 19 heavy (non-hydrogen) atoms. The summed E-state index contributed by atoms with van der Waals surface area (Å²) in [5.74, 6) is 0.125. The second-order valence-corrected chi connectivity index (χ2v) is 5.37. The molecular weight excluding hydrogens is 308 g/mol.